The summed E-state index contributed by atoms with van der Waals surface area (Å²) in [6.07, 6.45) is 0. The SMILES string of the molecule is CO.O=C(Cl)c1ccccc1CCl. The Morgan fingerprint density at radius 3 is 2.31 bits per heavy atom. The third-order valence-electron chi connectivity index (χ3n) is 1.37. The Balaban J connectivity index is 0.000000671. The highest BCUT2D eigenvalue weighted by Gasteiger charge is 2.05. The summed E-state index contributed by atoms with van der Waals surface area (Å²) in [5, 5.41) is 6.54. The maximum atomic E-state index is 10.7. The van der Waals surface area contributed by atoms with Crippen LogP contribution in [0.4, 0.5) is 0 Å². The molecule has 72 valence electrons. The molecule has 0 unspecified atom stereocenters. The second-order valence-electron chi connectivity index (χ2n) is 2.06. The van der Waals surface area contributed by atoms with Gasteiger partial charge in [0.25, 0.3) is 5.24 Å². The second-order valence-corrected chi connectivity index (χ2v) is 2.68. The number of carbonyl (C=O) groups excluding carboxylic acids is 1. The first-order valence-corrected chi connectivity index (χ1v) is 4.45. The Morgan fingerprint density at radius 1 is 1.38 bits per heavy atom. The predicted molar refractivity (Wildman–Crippen MR) is 54.3 cm³/mol. The lowest BCUT2D eigenvalue weighted by Crippen LogP contribution is -1.93. The lowest BCUT2D eigenvalue weighted by Gasteiger charge is -1.99. The van der Waals surface area contributed by atoms with Crippen molar-refractivity contribution < 1.29 is 9.90 Å². The summed E-state index contributed by atoms with van der Waals surface area (Å²) in [4.78, 5) is 10.7. The van der Waals surface area contributed by atoms with Gasteiger partial charge in [-0.2, -0.15) is 0 Å². The third-order valence-corrected chi connectivity index (χ3v) is 1.86. The quantitative estimate of drug-likeness (QED) is 0.615. The fraction of sp³-hybridized carbons (Fsp3) is 0.222. The van der Waals surface area contributed by atoms with E-state index in [2.05, 4.69) is 0 Å². The normalized spacial score (nSPS) is 8.62. The lowest BCUT2D eigenvalue weighted by molar-refractivity contribution is 0.108. The molecule has 1 N–H and O–H groups in total. The predicted octanol–water partition coefficient (Wildman–Crippen LogP) is 2.41. The Bertz CT molecular complexity index is 274. The van der Waals surface area contributed by atoms with Gasteiger partial charge in [-0.25, -0.2) is 0 Å². The smallest absolute Gasteiger partial charge is 0.252 e. The molecule has 0 bridgehead atoms. The molecule has 0 heterocycles. The van der Waals surface area contributed by atoms with Gasteiger partial charge in [-0.05, 0) is 23.2 Å². The Kier molecular flexibility index (Phi) is 6.59. The minimum atomic E-state index is -0.457. The number of hydrogen-bond donors (Lipinski definition) is 1. The minimum Gasteiger partial charge on any atom is -0.400 e. The van der Waals surface area contributed by atoms with Crippen molar-refractivity contribution in [1.82, 2.24) is 0 Å². The van der Waals surface area contributed by atoms with Gasteiger partial charge < -0.3 is 5.11 Å². The monoisotopic (exact) mass is 220 g/mol. The van der Waals surface area contributed by atoms with Crippen LogP contribution >= 0.6 is 23.2 Å². The van der Waals surface area contributed by atoms with Crippen LogP contribution in [0.1, 0.15) is 15.9 Å². The molecule has 0 amide bonds. The molecule has 0 aromatic heterocycles. The molecule has 1 aromatic rings. The summed E-state index contributed by atoms with van der Waals surface area (Å²) in [6, 6.07) is 7.02. The van der Waals surface area contributed by atoms with Crippen molar-refractivity contribution in [2.45, 2.75) is 5.88 Å². The highest BCUT2D eigenvalue weighted by atomic mass is 35.5. The second kappa shape index (κ2) is 6.89. The minimum absolute atomic E-state index is 0.314. The van der Waals surface area contributed by atoms with Gasteiger partial charge in [-0.15, -0.1) is 11.6 Å². The van der Waals surface area contributed by atoms with Crippen molar-refractivity contribution in [2.24, 2.45) is 0 Å². The third kappa shape index (κ3) is 3.77. The molecule has 0 radical (unpaired) electrons. The highest BCUT2D eigenvalue weighted by Crippen LogP contribution is 2.13. The first kappa shape index (κ1) is 12.4. The van der Waals surface area contributed by atoms with Crippen molar-refractivity contribution in [1.29, 1.82) is 0 Å². The summed E-state index contributed by atoms with van der Waals surface area (Å²) >= 11 is 10.9. The standard InChI is InChI=1S/C8H6Cl2O.CH4O/c9-5-6-3-1-2-4-7(6)8(10)11;1-2/h1-4H,5H2;2H,1H3. The summed E-state index contributed by atoms with van der Waals surface area (Å²) in [5.41, 5.74) is 1.26. The van der Waals surface area contributed by atoms with Gasteiger partial charge in [0.15, 0.2) is 0 Å². The van der Waals surface area contributed by atoms with Crippen LogP contribution in [-0.4, -0.2) is 17.5 Å². The maximum absolute atomic E-state index is 10.7. The van der Waals surface area contributed by atoms with Gasteiger partial charge in [0, 0.05) is 18.6 Å². The van der Waals surface area contributed by atoms with Crippen LogP contribution in [0.25, 0.3) is 0 Å². The van der Waals surface area contributed by atoms with Crippen molar-refractivity contribution in [3.05, 3.63) is 35.4 Å². The van der Waals surface area contributed by atoms with Crippen LogP contribution in [0.2, 0.25) is 0 Å². The molecule has 1 rings (SSSR count). The largest absolute Gasteiger partial charge is 0.400 e. The van der Waals surface area contributed by atoms with Gasteiger partial charge in [-0.1, -0.05) is 18.2 Å². The molecule has 0 atom stereocenters. The van der Waals surface area contributed by atoms with E-state index in [4.69, 9.17) is 28.3 Å². The summed E-state index contributed by atoms with van der Waals surface area (Å²) in [5.74, 6) is 0.314. The molecule has 0 spiro atoms. The van der Waals surface area contributed by atoms with Crippen molar-refractivity contribution in [2.75, 3.05) is 7.11 Å². The number of halogens is 2. The molecule has 2 nitrogen and oxygen atoms in total. The van der Waals surface area contributed by atoms with E-state index in [0.29, 0.717) is 11.4 Å². The molecular weight excluding hydrogens is 211 g/mol. The highest BCUT2D eigenvalue weighted by molar-refractivity contribution is 6.68. The summed E-state index contributed by atoms with van der Waals surface area (Å²) < 4.78 is 0. The zero-order valence-electron chi connectivity index (χ0n) is 7.13. The zero-order valence-corrected chi connectivity index (χ0v) is 8.64. The van der Waals surface area contributed by atoms with Gasteiger partial charge in [0.1, 0.15) is 0 Å². The number of aliphatic hydroxyl groups is 1. The molecule has 0 saturated heterocycles. The topological polar surface area (TPSA) is 37.3 Å². The first-order valence-electron chi connectivity index (χ1n) is 3.54. The molecule has 1 aromatic carbocycles. The van der Waals surface area contributed by atoms with Gasteiger partial charge >= 0.3 is 0 Å². The molecule has 0 saturated carbocycles. The van der Waals surface area contributed by atoms with Crippen LogP contribution in [0, 0.1) is 0 Å². The Hall–Kier alpha value is -0.570. The van der Waals surface area contributed by atoms with E-state index in [1.807, 2.05) is 6.07 Å². The average molecular weight is 221 g/mol. The van der Waals surface area contributed by atoms with E-state index in [1.54, 1.807) is 18.2 Å². The average Bonchev–Trinajstić information content (AvgIpc) is 2.20. The molecule has 0 fully saturated rings. The molecule has 0 aliphatic carbocycles. The van der Waals surface area contributed by atoms with Crippen LogP contribution in [-0.2, 0) is 5.88 Å². The van der Waals surface area contributed by atoms with Gasteiger partial charge in [0.2, 0.25) is 0 Å². The number of benzene rings is 1. The zero-order chi connectivity index (χ0) is 10.3. The first-order chi connectivity index (χ1) is 6.25. The van der Waals surface area contributed by atoms with Gasteiger partial charge in [0.05, 0.1) is 0 Å². The van der Waals surface area contributed by atoms with Crippen molar-refractivity contribution in [3.8, 4) is 0 Å². The van der Waals surface area contributed by atoms with Crippen LogP contribution < -0.4 is 0 Å². The fourth-order valence-corrected chi connectivity index (χ4v) is 1.25. The molecule has 0 aliphatic heterocycles. The molecule has 13 heavy (non-hydrogen) atoms. The van der Waals surface area contributed by atoms with E-state index >= 15 is 0 Å². The number of alkyl halides is 1. The number of aliphatic hydroxyl groups excluding tert-OH is 1. The fourth-order valence-electron chi connectivity index (χ4n) is 0.829. The number of rotatable bonds is 2. The summed E-state index contributed by atoms with van der Waals surface area (Å²) in [7, 11) is 1.00. The van der Waals surface area contributed by atoms with Crippen LogP contribution in [0.3, 0.4) is 0 Å². The molecule has 4 heteroatoms. The van der Waals surface area contributed by atoms with E-state index in [1.165, 1.54) is 0 Å². The van der Waals surface area contributed by atoms with E-state index in [-0.39, 0.29) is 0 Å². The van der Waals surface area contributed by atoms with Crippen LogP contribution in [0.5, 0.6) is 0 Å². The van der Waals surface area contributed by atoms with Crippen LogP contribution in [0.15, 0.2) is 24.3 Å². The lowest BCUT2D eigenvalue weighted by atomic mass is 10.1. The number of hydrogen-bond acceptors (Lipinski definition) is 2. The van der Waals surface area contributed by atoms with Crippen molar-refractivity contribution >= 4 is 28.4 Å². The van der Waals surface area contributed by atoms with Gasteiger partial charge in [-0.3, -0.25) is 4.79 Å². The summed E-state index contributed by atoms with van der Waals surface area (Å²) in [6.45, 7) is 0. The van der Waals surface area contributed by atoms with Crippen molar-refractivity contribution in [3.63, 3.8) is 0 Å². The number of carbonyl (C=O) groups is 1. The Labute approximate surface area is 87.1 Å². The molecule has 0 aliphatic rings. The van der Waals surface area contributed by atoms with E-state index in [9.17, 15) is 4.79 Å². The van der Waals surface area contributed by atoms with E-state index < -0.39 is 5.24 Å². The molecular formula is C9H10Cl2O2. The Morgan fingerprint density at radius 2 is 1.92 bits per heavy atom. The van der Waals surface area contributed by atoms with E-state index in [0.717, 1.165) is 12.7 Å². The maximum Gasteiger partial charge on any atom is 0.252 e.